The second-order valence-electron chi connectivity index (χ2n) is 4.18. The molecule has 0 spiro atoms. The minimum atomic E-state index is -0.982. The van der Waals surface area contributed by atoms with E-state index in [2.05, 4.69) is 18.4 Å². The lowest BCUT2D eigenvalue weighted by Crippen LogP contribution is -2.23. The maximum atomic E-state index is 10.8. The van der Waals surface area contributed by atoms with Gasteiger partial charge >= 0.3 is 6.09 Å². The Kier molecular flexibility index (Phi) is 5.65. The third kappa shape index (κ3) is 4.86. The Morgan fingerprint density at radius 3 is 2.53 bits per heavy atom. The molecule has 0 heterocycles. The zero-order valence-electron chi connectivity index (χ0n) is 11.3. The number of hydrogen-bond acceptors (Lipinski definition) is 2. The number of amides is 1. The van der Waals surface area contributed by atoms with Crippen molar-refractivity contribution in [2.24, 2.45) is 0 Å². The van der Waals surface area contributed by atoms with Crippen LogP contribution < -0.4 is 4.90 Å². The van der Waals surface area contributed by atoms with Crippen LogP contribution in [0.25, 0.3) is 0 Å². The van der Waals surface area contributed by atoms with Crippen LogP contribution >= 0.6 is 0 Å². The summed E-state index contributed by atoms with van der Waals surface area (Å²) in [7, 11) is 3.48. The van der Waals surface area contributed by atoms with Gasteiger partial charge in [0.2, 0.25) is 0 Å². The summed E-state index contributed by atoms with van der Waals surface area (Å²) in [5.74, 6) is 6.09. The molecule has 0 aliphatic carbocycles. The summed E-state index contributed by atoms with van der Waals surface area (Å²) in [4.78, 5) is 14.0. The summed E-state index contributed by atoms with van der Waals surface area (Å²) in [5.41, 5.74) is 1.50. The van der Waals surface area contributed by atoms with Crippen molar-refractivity contribution < 1.29 is 9.90 Å². The molecule has 4 nitrogen and oxygen atoms in total. The molecule has 19 heavy (non-hydrogen) atoms. The first-order chi connectivity index (χ1) is 9.04. The van der Waals surface area contributed by atoms with Gasteiger partial charge in [-0.3, -0.25) is 9.80 Å². The van der Waals surface area contributed by atoms with E-state index < -0.39 is 6.09 Å². The Balaban J connectivity index is 2.65. The first-order valence-corrected chi connectivity index (χ1v) is 5.89. The minimum Gasteiger partial charge on any atom is -0.465 e. The number of rotatable bonds is 4. The molecule has 0 fully saturated rings. The number of anilines is 1. The second-order valence-corrected chi connectivity index (χ2v) is 4.18. The lowest BCUT2D eigenvalue weighted by atomic mass is 10.2. The smallest absolute Gasteiger partial charge is 0.411 e. The van der Waals surface area contributed by atoms with Crippen LogP contribution in [0.15, 0.2) is 36.9 Å². The van der Waals surface area contributed by atoms with Crippen LogP contribution in [0.5, 0.6) is 0 Å². The molecule has 1 amide bonds. The van der Waals surface area contributed by atoms with Crippen LogP contribution in [0.1, 0.15) is 5.56 Å². The van der Waals surface area contributed by atoms with E-state index in [0.717, 1.165) is 17.0 Å². The van der Waals surface area contributed by atoms with Gasteiger partial charge in [0.25, 0.3) is 0 Å². The average molecular weight is 258 g/mol. The van der Waals surface area contributed by atoms with Gasteiger partial charge in [-0.05, 0) is 31.3 Å². The third-order valence-electron chi connectivity index (χ3n) is 2.56. The van der Waals surface area contributed by atoms with Crippen molar-refractivity contribution in [2.45, 2.75) is 0 Å². The van der Waals surface area contributed by atoms with Crippen molar-refractivity contribution in [1.29, 1.82) is 0 Å². The van der Waals surface area contributed by atoms with Crippen LogP contribution in [0.2, 0.25) is 0 Å². The fourth-order valence-corrected chi connectivity index (χ4v) is 1.44. The largest absolute Gasteiger partial charge is 0.465 e. The predicted molar refractivity (Wildman–Crippen MR) is 77.4 cm³/mol. The van der Waals surface area contributed by atoms with Crippen molar-refractivity contribution in [3.63, 3.8) is 0 Å². The van der Waals surface area contributed by atoms with Crippen molar-refractivity contribution in [1.82, 2.24) is 4.90 Å². The number of likely N-dealkylation sites (N-methyl/N-ethyl adjacent to an activating group) is 1. The maximum absolute atomic E-state index is 10.8. The highest BCUT2D eigenvalue weighted by molar-refractivity contribution is 5.85. The fraction of sp³-hybridized carbons (Fsp3) is 0.267. The molecule has 0 aliphatic heterocycles. The molecule has 1 N–H and O–H groups in total. The van der Waals surface area contributed by atoms with Crippen LogP contribution in [-0.2, 0) is 0 Å². The molecule has 0 saturated heterocycles. The number of carboxylic acid groups (broad SMARTS) is 1. The summed E-state index contributed by atoms with van der Waals surface area (Å²) in [6.45, 7) is 5.14. The van der Waals surface area contributed by atoms with E-state index in [1.54, 1.807) is 12.1 Å². The first kappa shape index (κ1) is 14.8. The van der Waals surface area contributed by atoms with Crippen LogP contribution in [-0.4, -0.2) is 43.3 Å². The molecule has 0 aliphatic rings. The predicted octanol–water partition coefficient (Wildman–Crippen LogP) is 2.27. The molecule has 0 aromatic heterocycles. The van der Waals surface area contributed by atoms with Gasteiger partial charge in [-0.2, -0.15) is 0 Å². The standard InChI is InChI=1S/C15H18N2O2/c1-4-11-16(2)12-5-6-13-7-9-14(10-8-13)17(3)15(18)19/h4,7-10H,1,11-12H2,2-3H3,(H,18,19). The van der Waals surface area contributed by atoms with E-state index in [4.69, 9.17) is 5.11 Å². The van der Waals surface area contributed by atoms with Crippen LogP contribution in [0.4, 0.5) is 10.5 Å². The van der Waals surface area contributed by atoms with Gasteiger partial charge in [-0.25, -0.2) is 4.79 Å². The minimum absolute atomic E-state index is 0.627. The molecule has 1 aromatic rings. The molecule has 100 valence electrons. The van der Waals surface area contributed by atoms with Crippen molar-refractivity contribution >= 4 is 11.8 Å². The van der Waals surface area contributed by atoms with Gasteiger partial charge in [0, 0.05) is 24.8 Å². The van der Waals surface area contributed by atoms with E-state index in [1.807, 2.05) is 30.2 Å². The van der Waals surface area contributed by atoms with E-state index in [1.165, 1.54) is 7.05 Å². The normalized spacial score (nSPS) is 9.63. The van der Waals surface area contributed by atoms with Gasteiger partial charge in [0.15, 0.2) is 0 Å². The van der Waals surface area contributed by atoms with Gasteiger partial charge in [0.05, 0.1) is 6.54 Å². The monoisotopic (exact) mass is 258 g/mol. The zero-order valence-corrected chi connectivity index (χ0v) is 11.3. The van der Waals surface area contributed by atoms with E-state index in [-0.39, 0.29) is 0 Å². The summed E-state index contributed by atoms with van der Waals surface area (Å²) in [6.07, 6.45) is 0.850. The Hall–Kier alpha value is -2.25. The Labute approximate surface area is 114 Å². The number of carbonyl (C=O) groups is 1. The fourth-order valence-electron chi connectivity index (χ4n) is 1.44. The van der Waals surface area contributed by atoms with Gasteiger partial charge < -0.3 is 5.11 Å². The van der Waals surface area contributed by atoms with E-state index in [0.29, 0.717) is 12.2 Å². The molecule has 0 unspecified atom stereocenters. The summed E-state index contributed by atoms with van der Waals surface area (Å²) >= 11 is 0. The molecule has 0 atom stereocenters. The number of nitrogens with zero attached hydrogens (tertiary/aromatic N) is 2. The van der Waals surface area contributed by atoms with Gasteiger partial charge in [-0.15, -0.1) is 6.58 Å². The molecule has 1 rings (SSSR count). The maximum Gasteiger partial charge on any atom is 0.411 e. The molecule has 4 heteroatoms. The average Bonchev–Trinajstić information content (AvgIpc) is 2.39. The molecule has 1 aromatic carbocycles. The van der Waals surface area contributed by atoms with Gasteiger partial charge in [-0.1, -0.05) is 17.9 Å². The topological polar surface area (TPSA) is 43.8 Å². The Bertz CT molecular complexity index is 497. The van der Waals surface area contributed by atoms with Crippen molar-refractivity contribution in [3.05, 3.63) is 42.5 Å². The summed E-state index contributed by atoms with van der Waals surface area (Å²) in [6, 6.07) is 7.11. The highest BCUT2D eigenvalue weighted by atomic mass is 16.4. The van der Waals surface area contributed by atoms with E-state index in [9.17, 15) is 4.79 Å². The van der Waals surface area contributed by atoms with Crippen molar-refractivity contribution in [2.75, 3.05) is 32.1 Å². The van der Waals surface area contributed by atoms with Crippen LogP contribution in [0.3, 0.4) is 0 Å². The molecule has 0 radical (unpaired) electrons. The van der Waals surface area contributed by atoms with Gasteiger partial charge in [0.1, 0.15) is 0 Å². The molecule has 0 saturated carbocycles. The SMILES string of the molecule is C=CCN(C)CC#Cc1ccc(N(C)C(=O)O)cc1. The first-order valence-electron chi connectivity index (χ1n) is 5.89. The highest BCUT2D eigenvalue weighted by Crippen LogP contribution is 2.13. The summed E-state index contributed by atoms with van der Waals surface area (Å²) < 4.78 is 0. The van der Waals surface area contributed by atoms with Crippen LogP contribution in [0, 0.1) is 11.8 Å². The second kappa shape index (κ2) is 7.24. The van der Waals surface area contributed by atoms with E-state index >= 15 is 0 Å². The Morgan fingerprint density at radius 2 is 2.00 bits per heavy atom. The zero-order chi connectivity index (χ0) is 14.3. The Morgan fingerprint density at radius 1 is 1.37 bits per heavy atom. The highest BCUT2D eigenvalue weighted by Gasteiger charge is 2.06. The summed E-state index contributed by atoms with van der Waals surface area (Å²) in [5, 5.41) is 8.84. The number of hydrogen-bond donors (Lipinski definition) is 1. The van der Waals surface area contributed by atoms with Crippen molar-refractivity contribution in [3.8, 4) is 11.8 Å². The number of benzene rings is 1. The molecule has 0 bridgehead atoms. The molecular formula is C15H18N2O2. The lowest BCUT2D eigenvalue weighted by molar-refractivity contribution is 0.203. The molecular weight excluding hydrogens is 240 g/mol. The lowest BCUT2D eigenvalue weighted by Gasteiger charge is -2.12. The third-order valence-corrected chi connectivity index (χ3v) is 2.56. The quantitative estimate of drug-likeness (QED) is 0.665.